The Hall–Kier alpha value is -4.21. The molecule has 0 aliphatic heterocycles. The summed E-state index contributed by atoms with van der Waals surface area (Å²) in [4.78, 5) is 12.2. The van der Waals surface area contributed by atoms with Gasteiger partial charge in [0.25, 0.3) is 5.91 Å². The number of rotatable bonds is 9. The van der Waals surface area contributed by atoms with Crippen molar-refractivity contribution < 1.29 is 23.4 Å². The van der Waals surface area contributed by atoms with Gasteiger partial charge in [0.1, 0.15) is 23.9 Å². The molecule has 2 aromatic heterocycles. The Balaban J connectivity index is 1.31. The van der Waals surface area contributed by atoms with Crippen LogP contribution in [0.15, 0.2) is 60.7 Å². The summed E-state index contributed by atoms with van der Waals surface area (Å²) in [5, 5.41) is 15.5. The minimum absolute atomic E-state index is 0.202. The number of amides is 1. The van der Waals surface area contributed by atoms with E-state index in [2.05, 4.69) is 20.6 Å². The molecule has 4 rings (SSSR count). The number of carbonyl (C=O) groups excluding carboxylic acids is 1. The van der Waals surface area contributed by atoms with Gasteiger partial charge in [-0.15, -0.1) is 15.3 Å². The van der Waals surface area contributed by atoms with E-state index >= 15 is 0 Å². The van der Waals surface area contributed by atoms with Crippen molar-refractivity contribution >= 4 is 11.6 Å². The second kappa shape index (κ2) is 9.94. The van der Waals surface area contributed by atoms with E-state index in [4.69, 9.17) is 14.2 Å². The van der Waals surface area contributed by atoms with Crippen molar-refractivity contribution in [3.8, 4) is 28.8 Å². The lowest BCUT2D eigenvalue weighted by Crippen LogP contribution is -2.38. The number of halogens is 1. The van der Waals surface area contributed by atoms with Crippen LogP contribution >= 0.6 is 0 Å². The van der Waals surface area contributed by atoms with Crippen LogP contribution in [0.3, 0.4) is 0 Å². The van der Waals surface area contributed by atoms with E-state index in [0.29, 0.717) is 23.1 Å². The molecule has 2 aromatic carbocycles. The van der Waals surface area contributed by atoms with Gasteiger partial charge in [-0.2, -0.15) is 4.52 Å². The summed E-state index contributed by atoms with van der Waals surface area (Å²) in [7, 11) is 1.61. The van der Waals surface area contributed by atoms with Gasteiger partial charge in [-0.05, 0) is 61.5 Å². The molecular formula is C23H22FN5O4. The number of carbonyl (C=O) groups is 1. The zero-order valence-corrected chi connectivity index (χ0v) is 18.1. The van der Waals surface area contributed by atoms with E-state index in [0.717, 1.165) is 11.3 Å². The first-order valence-electron chi connectivity index (χ1n) is 10.2. The van der Waals surface area contributed by atoms with Crippen molar-refractivity contribution in [2.45, 2.75) is 13.0 Å². The molecule has 0 saturated heterocycles. The first kappa shape index (κ1) is 22.0. The third kappa shape index (κ3) is 5.35. The van der Waals surface area contributed by atoms with Gasteiger partial charge in [-0.25, -0.2) is 4.39 Å². The molecule has 1 atom stereocenters. The number of benzene rings is 2. The van der Waals surface area contributed by atoms with Crippen molar-refractivity contribution in [1.29, 1.82) is 0 Å². The van der Waals surface area contributed by atoms with Crippen LogP contribution in [0, 0.1) is 5.82 Å². The molecular weight excluding hydrogens is 429 g/mol. The Morgan fingerprint density at radius 2 is 1.76 bits per heavy atom. The van der Waals surface area contributed by atoms with E-state index in [1.54, 1.807) is 30.7 Å². The topological polar surface area (TPSA) is 99.9 Å². The second-order valence-corrected chi connectivity index (χ2v) is 7.05. The molecule has 1 N–H and O–H groups in total. The fourth-order valence-corrected chi connectivity index (χ4v) is 3.01. The Morgan fingerprint density at radius 3 is 2.48 bits per heavy atom. The van der Waals surface area contributed by atoms with Crippen molar-refractivity contribution in [2.24, 2.45) is 0 Å². The molecule has 170 valence electrons. The van der Waals surface area contributed by atoms with E-state index in [1.807, 2.05) is 24.3 Å². The minimum Gasteiger partial charge on any atom is -0.497 e. The molecule has 0 radical (unpaired) electrons. The van der Waals surface area contributed by atoms with Crippen LogP contribution in [-0.2, 0) is 4.79 Å². The standard InChI is InChI=1S/C23H22FN5O4/c1-15(33-19-9-5-17(24)6-10-19)23(30)25-13-14-32-21-12-11-20-26-27-22(29(20)28-21)16-3-7-18(31-2)8-4-16/h3-12,15H,13-14H2,1-2H3,(H,25,30). The fourth-order valence-electron chi connectivity index (χ4n) is 3.01. The molecule has 0 spiro atoms. The number of ether oxygens (including phenoxy) is 3. The average Bonchev–Trinajstić information content (AvgIpc) is 3.26. The summed E-state index contributed by atoms with van der Waals surface area (Å²) in [6.45, 7) is 2.07. The van der Waals surface area contributed by atoms with Crippen molar-refractivity contribution in [3.05, 3.63) is 66.5 Å². The maximum Gasteiger partial charge on any atom is 0.260 e. The largest absolute Gasteiger partial charge is 0.497 e. The van der Waals surface area contributed by atoms with Gasteiger partial charge in [0, 0.05) is 11.6 Å². The normalized spacial score (nSPS) is 11.7. The lowest BCUT2D eigenvalue weighted by atomic mass is 10.2. The van der Waals surface area contributed by atoms with Gasteiger partial charge in [-0.3, -0.25) is 4.79 Å². The SMILES string of the molecule is COc1ccc(-c2nnc3ccc(OCCNC(=O)C(C)Oc4ccc(F)cc4)nn23)cc1. The first-order chi connectivity index (χ1) is 16.0. The number of hydrogen-bond donors (Lipinski definition) is 1. The van der Waals surface area contributed by atoms with Crippen LogP contribution in [0.1, 0.15) is 6.92 Å². The smallest absolute Gasteiger partial charge is 0.260 e. The maximum absolute atomic E-state index is 13.0. The molecule has 0 bridgehead atoms. The lowest BCUT2D eigenvalue weighted by Gasteiger charge is -2.14. The van der Waals surface area contributed by atoms with E-state index in [-0.39, 0.29) is 24.9 Å². The van der Waals surface area contributed by atoms with E-state index in [9.17, 15) is 9.18 Å². The Morgan fingerprint density at radius 1 is 1.03 bits per heavy atom. The number of hydrogen-bond acceptors (Lipinski definition) is 7. The quantitative estimate of drug-likeness (QED) is 0.391. The third-order valence-corrected chi connectivity index (χ3v) is 4.73. The van der Waals surface area contributed by atoms with E-state index in [1.165, 1.54) is 24.3 Å². The number of aromatic nitrogens is 4. The second-order valence-electron chi connectivity index (χ2n) is 7.05. The van der Waals surface area contributed by atoms with Crippen molar-refractivity contribution in [1.82, 2.24) is 25.1 Å². The molecule has 0 aliphatic rings. The number of fused-ring (bicyclic) bond motifs is 1. The van der Waals surface area contributed by atoms with Gasteiger partial charge >= 0.3 is 0 Å². The average molecular weight is 451 g/mol. The Kier molecular flexibility index (Phi) is 6.63. The van der Waals surface area contributed by atoms with E-state index < -0.39 is 6.10 Å². The van der Waals surface area contributed by atoms with Crippen LogP contribution in [0.2, 0.25) is 0 Å². The Bertz CT molecular complexity index is 1230. The van der Waals surface area contributed by atoms with Crippen LogP contribution < -0.4 is 19.5 Å². The van der Waals surface area contributed by atoms with Crippen LogP contribution in [0.25, 0.3) is 17.0 Å². The highest BCUT2D eigenvalue weighted by atomic mass is 19.1. The summed E-state index contributed by atoms with van der Waals surface area (Å²) in [5.41, 5.74) is 1.41. The number of nitrogens with one attached hydrogen (secondary N) is 1. The third-order valence-electron chi connectivity index (χ3n) is 4.73. The molecule has 1 amide bonds. The molecule has 0 fully saturated rings. The summed E-state index contributed by atoms with van der Waals surface area (Å²) < 4.78 is 30.9. The molecule has 2 heterocycles. The summed E-state index contributed by atoms with van der Waals surface area (Å²) in [6, 6.07) is 16.3. The lowest BCUT2D eigenvalue weighted by molar-refractivity contribution is -0.127. The summed E-state index contributed by atoms with van der Waals surface area (Å²) in [6.07, 6.45) is -0.742. The van der Waals surface area contributed by atoms with Crippen LogP contribution in [0.4, 0.5) is 4.39 Å². The monoisotopic (exact) mass is 451 g/mol. The zero-order chi connectivity index (χ0) is 23.2. The first-order valence-corrected chi connectivity index (χ1v) is 10.2. The highest BCUT2D eigenvalue weighted by Gasteiger charge is 2.15. The predicted octanol–water partition coefficient (Wildman–Crippen LogP) is 2.90. The fraction of sp³-hybridized carbons (Fsp3) is 0.217. The zero-order valence-electron chi connectivity index (χ0n) is 18.1. The highest BCUT2D eigenvalue weighted by Crippen LogP contribution is 2.21. The molecule has 0 saturated carbocycles. The number of methoxy groups -OCH3 is 1. The van der Waals surface area contributed by atoms with Gasteiger partial charge in [0.15, 0.2) is 17.6 Å². The van der Waals surface area contributed by atoms with Crippen molar-refractivity contribution in [3.63, 3.8) is 0 Å². The Labute approximate surface area is 189 Å². The molecule has 33 heavy (non-hydrogen) atoms. The molecule has 9 nitrogen and oxygen atoms in total. The molecule has 4 aromatic rings. The predicted molar refractivity (Wildman–Crippen MR) is 118 cm³/mol. The molecule has 1 unspecified atom stereocenters. The van der Waals surface area contributed by atoms with Gasteiger partial charge < -0.3 is 19.5 Å². The molecule has 10 heteroatoms. The summed E-state index contributed by atoms with van der Waals surface area (Å²) >= 11 is 0. The van der Waals surface area contributed by atoms with Gasteiger partial charge in [0.05, 0.1) is 13.7 Å². The number of nitrogens with zero attached hydrogens (tertiary/aromatic N) is 4. The van der Waals surface area contributed by atoms with Crippen LogP contribution in [-0.4, -0.2) is 52.1 Å². The van der Waals surface area contributed by atoms with Crippen molar-refractivity contribution in [2.75, 3.05) is 20.3 Å². The van der Waals surface area contributed by atoms with Gasteiger partial charge in [0.2, 0.25) is 5.88 Å². The minimum atomic E-state index is -0.742. The van der Waals surface area contributed by atoms with Crippen LogP contribution in [0.5, 0.6) is 17.4 Å². The maximum atomic E-state index is 13.0. The highest BCUT2D eigenvalue weighted by molar-refractivity contribution is 5.80. The van der Waals surface area contributed by atoms with Gasteiger partial charge in [-0.1, -0.05) is 0 Å². The molecule has 0 aliphatic carbocycles. The summed E-state index contributed by atoms with van der Waals surface area (Å²) in [5.74, 6) is 1.40.